The fourth-order valence-electron chi connectivity index (χ4n) is 1.81. The summed E-state index contributed by atoms with van der Waals surface area (Å²) in [6, 6.07) is 0.160. The molecule has 1 saturated heterocycles. The van der Waals surface area contributed by atoms with Crippen LogP contribution in [0.5, 0.6) is 0 Å². The molecule has 1 aliphatic rings. The number of likely N-dealkylation sites (N-methyl/N-ethyl adjacent to an activating group) is 1. The fourth-order valence-corrected chi connectivity index (χ4v) is 1.81. The molecule has 90 valence electrons. The number of amides is 1. The topological polar surface area (TPSA) is 75.6 Å². The van der Waals surface area contributed by atoms with E-state index in [4.69, 9.17) is 11.5 Å². The summed E-state index contributed by atoms with van der Waals surface area (Å²) in [7, 11) is 2.05. The second-order valence-electron chi connectivity index (χ2n) is 3.78. The van der Waals surface area contributed by atoms with Crippen LogP contribution >= 0.6 is 12.4 Å². The zero-order valence-electron chi connectivity index (χ0n) is 9.19. The zero-order valence-corrected chi connectivity index (χ0v) is 10.0. The van der Waals surface area contributed by atoms with Gasteiger partial charge in [-0.2, -0.15) is 0 Å². The molecule has 5 nitrogen and oxygen atoms in total. The Hall–Kier alpha value is -0.360. The number of carbonyl (C=O) groups is 1. The van der Waals surface area contributed by atoms with E-state index in [0.29, 0.717) is 19.5 Å². The lowest BCUT2D eigenvalue weighted by atomic mass is 10.1. The van der Waals surface area contributed by atoms with Gasteiger partial charge >= 0.3 is 0 Å². The maximum atomic E-state index is 11.6. The van der Waals surface area contributed by atoms with Crippen molar-refractivity contribution in [3.05, 3.63) is 0 Å². The lowest BCUT2D eigenvalue weighted by molar-refractivity contribution is -0.135. The lowest BCUT2D eigenvalue weighted by Crippen LogP contribution is -2.56. The highest BCUT2D eigenvalue weighted by atomic mass is 35.5. The number of hydrogen-bond donors (Lipinski definition) is 2. The van der Waals surface area contributed by atoms with Crippen LogP contribution in [0.1, 0.15) is 6.42 Å². The molecule has 0 saturated carbocycles. The molecule has 1 fully saturated rings. The van der Waals surface area contributed by atoms with Crippen LogP contribution in [-0.4, -0.2) is 61.5 Å². The van der Waals surface area contributed by atoms with Crippen molar-refractivity contribution in [3.8, 4) is 0 Å². The summed E-state index contributed by atoms with van der Waals surface area (Å²) in [5, 5.41) is 0. The number of rotatable bonds is 3. The van der Waals surface area contributed by atoms with E-state index in [9.17, 15) is 4.79 Å². The Balaban J connectivity index is 0.00000196. The van der Waals surface area contributed by atoms with E-state index >= 15 is 0 Å². The van der Waals surface area contributed by atoms with Gasteiger partial charge in [-0.15, -0.1) is 12.4 Å². The fraction of sp³-hybridized carbons (Fsp3) is 0.889. The predicted molar refractivity (Wildman–Crippen MR) is 63.0 cm³/mol. The Labute approximate surface area is 97.2 Å². The van der Waals surface area contributed by atoms with Gasteiger partial charge in [0.25, 0.3) is 0 Å². The Morgan fingerprint density at radius 2 is 2.07 bits per heavy atom. The van der Waals surface area contributed by atoms with E-state index in [1.54, 1.807) is 0 Å². The van der Waals surface area contributed by atoms with Gasteiger partial charge in [0.15, 0.2) is 0 Å². The van der Waals surface area contributed by atoms with Crippen molar-refractivity contribution in [2.24, 2.45) is 11.5 Å². The van der Waals surface area contributed by atoms with Crippen molar-refractivity contribution in [1.29, 1.82) is 0 Å². The summed E-state index contributed by atoms with van der Waals surface area (Å²) in [5.74, 6) is 0.135. The highest BCUT2D eigenvalue weighted by molar-refractivity contribution is 5.85. The number of carbonyl (C=O) groups excluding carboxylic acids is 1. The molecule has 1 aliphatic heterocycles. The third-order valence-electron chi connectivity index (χ3n) is 2.64. The highest BCUT2D eigenvalue weighted by Crippen LogP contribution is 2.08. The molecule has 15 heavy (non-hydrogen) atoms. The first-order valence-corrected chi connectivity index (χ1v) is 5.07. The van der Waals surface area contributed by atoms with Crippen molar-refractivity contribution in [2.75, 3.05) is 39.8 Å². The Morgan fingerprint density at radius 3 is 2.60 bits per heavy atom. The summed E-state index contributed by atoms with van der Waals surface area (Å²) in [6.07, 6.45) is 0.431. The summed E-state index contributed by atoms with van der Waals surface area (Å²) >= 11 is 0. The quantitative estimate of drug-likeness (QED) is 0.650. The molecule has 0 spiro atoms. The zero-order chi connectivity index (χ0) is 10.6. The molecule has 0 aromatic carbocycles. The van der Waals surface area contributed by atoms with Crippen molar-refractivity contribution in [3.63, 3.8) is 0 Å². The van der Waals surface area contributed by atoms with Crippen molar-refractivity contribution in [1.82, 2.24) is 9.80 Å². The number of nitrogens with zero attached hydrogens (tertiary/aromatic N) is 2. The molecule has 1 rings (SSSR count). The standard InChI is InChI=1S/C9H20N4O.ClH/c1-12-4-5-13(8(6-11)7-12)9(14)2-3-10;/h8H,2-7,10-11H2,1H3;1H. The van der Waals surface area contributed by atoms with Gasteiger partial charge in [0.1, 0.15) is 0 Å². The highest BCUT2D eigenvalue weighted by Gasteiger charge is 2.27. The number of halogens is 1. The predicted octanol–water partition coefficient (Wildman–Crippen LogP) is -1.14. The van der Waals surface area contributed by atoms with Gasteiger partial charge in [-0.3, -0.25) is 4.79 Å². The van der Waals surface area contributed by atoms with Gasteiger partial charge in [0, 0.05) is 39.1 Å². The lowest BCUT2D eigenvalue weighted by Gasteiger charge is -2.39. The van der Waals surface area contributed by atoms with Crippen LogP contribution in [0.3, 0.4) is 0 Å². The van der Waals surface area contributed by atoms with E-state index in [0.717, 1.165) is 19.6 Å². The molecule has 1 unspecified atom stereocenters. The van der Waals surface area contributed by atoms with E-state index in [2.05, 4.69) is 4.90 Å². The molecule has 0 bridgehead atoms. The molecule has 0 aromatic heterocycles. The third-order valence-corrected chi connectivity index (χ3v) is 2.64. The van der Waals surface area contributed by atoms with Crippen LogP contribution in [0.2, 0.25) is 0 Å². The minimum absolute atomic E-state index is 0. The molecular formula is C9H21ClN4O. The molecule has 0 aromatic rings. The molecule has 1 amide bonds. The molecule has 6 heteroatoms. The van der Waals surface area contributed by atoms with Crippen LogP contribution in [0.4, 0.5) is 0 Å². The first kappa shape index (κ1) is 14.6. The summed E-state index contributed by atoms with van der Waals surface area (Å²) in [5.41, 5.74) is 11.0. The first-order valence-electron chi connectivity index (χ1n) is 5.07. The Bertz CT molecular complexity index is 203. The number of piperazine rings is 1. The van der Waals surface area contributed by atoms with Gasteiger partial charge in [-0.25, -0.2) is 0 Å². The van der Waals surface area contributed by atoms with Crippen LogP contribution in [0.25, 0.3) is 0 Å². The van der Waals surface area contributed by atoms with Crippen LogP contribution in [-0.2, 0) is 4.79 Å². The average molecular weight is 237 g/mol. The van der Waals surface area contributed by atoms with Gasteiger partial charge in [-0.1, -0.05) is 0 Å². The summed E-state index contributed by atoms with van der Waals surface area (Å²) in [4.78, 5) is 15.7. The second-order valence-corrected chi connectivity index (χ2v) is 3.78. The van der Waals surface area contributed by atoms with Gasteiger partial charge in [0.2, 0.25) is 5.91 Å². The minimum atomic E-state index is 0. The van der Waals surface area contributed by atoms with Gasteiger partial charge in [-0.05, 0) is 7.05 Å². The normalized spacial score (nSPS) is 22.3. The van der Waals surface area contributed by atoms with Crippen LogP contribution < -0.4 is 11.5 Å². The van der Waals surface area contributed by atoms with Crippen LogP contribution in [0.15, 0.2) is 0 Å². The van der Waals surface area contributed by atoms with Crippen molar-refractivity contribution >= 4 is 18.3 Å². The maximum absolute atomic E-state index is 11.6. The van der Waals surface area contributed by atoms with E-state index in [-0.39, 0.29) is 24.4 Å². The molecule has 1 atom stereocenters. The molecular weight excluding hydrogens is 216 g/mol. The first-order chi connectivity index (χ1) is 6.69. The molecule has 4 N–H and O–H groups in total. The monoisotopic (exact) mass is 236 g/mol. The van der Waals surface area contributed by atoms with Crippen molar-refractivity contribution < 1.29 is 4.79 Å². The SMILES string of the molecule is CN1CCN(C(=O)CCN)C(CN)C1.Cl. The minimum Gasteiger partial charge on any atom is -0.336 e. The Morgan fingerprint density at radius 1 is 1.40 bits per heavy atom. The smallest absolute Gasteiger partial charge is 0.224 e. The van der Waals surface area contributed by atoms with Crippen LogP contribution in [0, 0.1) is 0 Å². The Kier molecular flexibility index (Phi) is 6.84. The van der Waals surface area contributed by atoms with E-state index in [1.807, 2.05) is 11.9 Å². The average Bonchev–Trinajstić information content (AvgIpc) is 2.17. The van der Waals surface area contributed by atoms with Crippen molar-refractivity contribution in [2.45, 2.75) is 12.5 Å². The van der Waals surface area contributed by atoms with Gasteiger partial charge in [0.05, 0.1) is 6.04 Å². The largest absolute Gasteiger partial charge is 0.336 e. The summed E-state index contributed by atoms with van der Waals surface area (Å²) < 4.78 is 0. The van der Waals surface area contributed by atoms with Gasteiger partial charge < -0.3 is 21.3 Å². The molecule has 0 aliphatic carbocycles. The van der Waals surface area contributed by atoms with E-state index in [1.165, 1.54) is 0 Å². The molecule has 1 heterocycles. The molecule has 0 radical (unpaired) electrons. The maximum Gasteiger partial charge on any atom is 0.224 e. The second kappa shape index (κ2) is 7.00. The number of hydrogen-bond acceptors (Lipinski definition) is 4. The van der Waals surface area contributed by atoms with E-state index < -0.39 is 0 Å². The number of nitrogens with two attached hydrogens (primary N) is 2. The summed E-state index contributed by atoms with van der Waals surface area (Å²) in [6.45, 7) is 3.51. The third kappa shape index (κ3) is 3.95.